The largest absolute Gasteiger partial charge is 0.480 e. The second-order valence-electron chi connectivity index (χ2n) is 5.22. The van der Waals surface area contributed by atoms with Gasteiger partial charge in [0.15, 0.2) is 0 Å². The number of methoxy groups -OCH3 is 1. The molecule has 1 amide bonds. The lowest BCUT2D eigenvalue weighted by Gasteiger charge is -2.34. The van der Waals surface area contributed by atoms with Gasteiger partial charge in [0.1, 0.15) is 6.04 Å². The van der Waals surface area contributed by atoms with E-state index in [0.717, 1.165) is 25.8 Å². The van der Waals surface area contributed by atoms with Crippen molar-refractivity contribution >= 4 is 11.9 Å². The van der Waals surface area contributed by atoms with Gasteiger partial charge in [-0.2, -0.15) is 0 Å². The molecule has 6 nitrogen and oxygen atoms in total. The molecule has 1 heterocycles. The summed E-state index contributed by atoms with van der Waals surface area (Å²) in [6.45, 7) is 3.12. The Hall–Kier alpha value is -1.14. The molecule has 0 bridgehead atoms. The molecular weight excluding hydrogens is 248 g/mol. The molecule has 1 rings (SSSR count). The van der Waals surface area contributed by atoms with Crippen molar-refractivity contribution in [3.8, 4) is 0 Å². The molecule has 0 aliphatic carbocycles. The van der Waals surface area contributed by atoms with Crippen LogP contribution in [-0.2, 0) is 14.3 Å². The zero-order chi connectivity index (χ0) is 14.3. The number of hydrogen-bond donors (Lipinski definition) is 3. The number of ether oxygens (including phenoxy) is 1. The Bertz CT molecular complexity index is 314. The van der Waals surface area contributed by atoms with Crippen LogP contribution in [0.25, 0.3) is 0 Å². The minimum atomic E-state index is -0.996. The van der Waals surface area contributed by atoms with E-state index in [1.165, 1.54) is 0 Å². The number of carbonyl (C=O) groups is 2. The Balaban J connectivity index is 2.52. The molecule has 1 saturated heterocycles. The fraction of sp³-hybridized carbons (Fsp3) is 0.846. The van der Waals surface area contributed by atoms with Crippen molar-refractivity contribution in [2.24, 2.45) is 0 Å². The van der Waals surface area contributed by atoms with Crippen LogP contribution in [-0.4, -0.2) is 48.8 Å². The maximum absolute atomic E-state index is 12.2. The molecule has 110 valence electrons. The van der Waals surface area contributed by atoms with Gasteiger partial charge >= 0.3 is 5.97 Å². The van der Waals surface area contributed by atoms with Gasteiger partial charge in [-0.15, -0.1) is 0 Å². The molecule has 2 unspecified atom stereocenters. The molecule has 0 aromatic rings. The summed E-state index contributed by atoms with van der Waals surface area (Å²) in [6.07, 6.45) is 3.77. The predicted molar refractivity (Wildman–Crippen MR) is 70.9 cm³/mol. The third-order valence-electron chi connectivity index (χ3n) is 3.56. The Morgan fingerprint density at radius 1 is 1.47 bits per heavy atom. The highest BCUT2D eigenvalue weighted by molar-refractivity contribution is 5.89. The lowest BCUT2D eigenvalue weighted by Crippen LogP contribution is -2.59. The van der Waals surface area contributed by atoms with Crippen LogP contribution < -0.4 is 10.6 Å². The Morgan fingerprint density at radius 2 is 2.21 bits per heavy atom. The maximum atomic E-state index is 12.2. The molecule has 19 heavy (non-hydrogen) atoms. The molecule has 0 spiro atoms. The number of rotatable bonds is 7. The highest BCUT2D eigenvalue weighted by atomic mass is 16.5. The van der Waals surface area contributed by atoms with Crippen molar-refractivity contribution in [3.63, 3.8) is 0 Å². The van der Waals surface area contributed by atoms with Crippen molar-refractivity contribution in [3.05, 3.63) is 0 Å². The lowest BCUT2D eigenvalue weighted by molar-refractivity contribution is -0.143. The van der Waals surface area contributed by atoms with Gasteiger partial charge in [-0.1, -0.05) is 0 Å². The predicted octanol–water partition coefficient (Wildman–Crippen LogP) is 0.515. The topological polar surface area (TPSA) is 87.7 Å². The maximum Gasteiger partial charge on any atom is 0.326 e. The SMILES string of the molecule is COCCCC(NC(=O)C1(C)CCCCN1)C(=O)O. The number of amides is 1. The summed E-state index contributed by atoms with van der Waals surface area (Å²) in [6, 6.07) is -0.844. The molecular formula is C13H24N2O4. The first kappa shape index (κ1) is 15.9. The first-order valence-electron chi connectivity index (χ1n) is 6.77. The minimum absolute atomic E-state index is 0.225. The highest BCUT2D eigenvalue weighted by Gasteiger charge is 2.36. The van der Waals surface area contributed by atoms with Gasteiger partial charge in [0.2, 0.25) is 5.91 Å². The van der Waals surface area contributed by atoms with Crippen molar-refractivity contribution in [2.75, 3.05) is 20.3 Å². The fourth-order valence-corrected chi connectivity index (χ4v) is 2.26. The summed E-state index contributed by atoms with van der Waals surface area (Å²) in [5.41, 5.74) is -0.646. The van der Waals surface area contributed by atoms with Crippen LogP contribution in [0, 0.1) is 0 Å². The normalized spacial score (nSPS) is 24.7. The average molecular weight is 272 g/mol. The van der Waals surface area contributed by atoms with Crippen molar-refractivity contribution in [2.45, 2.75) is 50.6 Å². The van der Waals surface area contributed by atoms with Gasteiger partial charge in [-0.25, -0.2) is 4.79 Å². The first-order chi connectivity index (χ1) is 8.99. The molecule has 0 saturated carbocycles. The van der Waals surface area contributed by atoms with Crippen molar-refractivity contribution < 1.29 is 19.4 Å². The quantitative estimate of drug-likeness (QED) is 0.588. The van der Waals surface area contributed by atoms with Crippen LogP contribution in [0.15, 0.2) is 0 Å². The molecule has 2 atom stereocenters. The fourth-order valence-electron chi connectivity index (χ4n) is 2.26. The monoisotopic (exact) mass is 272 g/mol. The van der Waals surface area contributed by atoms with E-state index in [9.17, 15) is 9.59 Å². The Labute approximate surface area is 113 Å². The summed E-state index contributed by atoms with van der Waals surface area (Å²) in [4.78, 5) is 23.3. The van der Waals surface area contributed by atoms with Crippen LogP contribution in [0.3, 0.4) is 0 Å². The van der Waals surface area contributed by atoms with Crippen LogP contribution in [0.4, 0.5) is 0 Å². The zero-order valence-electron chi connectivity index (χ0n) is 11.7. The molecule has 1 fully saturated rings. The number of carbonyl (C=O) groups excluding carboxylic acids is 1. The summed E-state index contributed by atoms with van der Waals surface area (Å²) in [5, 5.41) is 14.9. The Morgan fingerprint density at radius 3 is 2.74 bits per heavy atom. The molecule has 6 heteroatoms. The number of carboxylic acid groups (broad SMARTS) is 1. The third-order valence-corrected chi connectivity index (χ3v) is 3.56. The van der Waals surface area contributed by atoms with Gasteiger partial charge in [-0.3, -0.25) is 4.79 Å². The molecule has 1 aliphatic rings. The number of nitrogens with one attached hydrogen (secondary N) is 2. The van der Waals surface area contributed by atoms with Crippen LogP contribution >= 0.6 is 0 Å². The molecule has 0 aromatic carbocycles. The molecule has 0 aromatic heterocycles. The number of aliphatic carboxylic acids is 1. The van der Waals surface area contributed by atoms with E-state index in [1.54, 1.807) is 7.11 Å². The number of hydrogen-bond acceptors (Lipinski definition) is 4. The summed E-state index contributed by atoms with van der Waals surface area (Å²) in [7, 11) is 1.57. The van der Waals surface area contributed by atoms with E-state index in [4.69, 9.17) is 9.84 Å². The number of piperidine rings is 1. The Kier molecular flexibility index (Phi) is 6.24. The van der Waals surface area contributed by atoms with Crippen molar-refractivity contribution in [1.29, 1.82) is 0 Å². The van der Waals surface area contributed by atoms with E-state index in [2.05, 4.69) is 10.6 Å². The summed E-state index contributed by atoms with van der Waals surface area (Å²) in [5.74, 6) is -1.22. The zero-order valence-corrected chi connectivity index (χ0v) is 11.7. The van der Waals surface area contributed by atoms with E-state index < -0.39 is 17.6 Å². The average Bonchev–Trinajstić information content (AvgIpc) is 2.38. The summed E-state index contributed by atoms with van der Waals surface area (Å²) >= 11 is 0. The third kappa shape index (κ3) is 4.80. The van der Waals surface area contributed by atoms with E-state index in [0.29, 0.717) is 19.4 Å². The lowest BCUT2D eigenvalue weighted by atomic mass is 9.89. The second kappa shape index (κ2) is 7.45. The van der Waals surface area contributed by atoms with Gasteiger partial charge < -0.3 is 20.5 Å². The van der Waals surface area contributed by atoms with E-state index in [-0.39, 0.29) is 5.91 Å². The van der Waals surface area contributed by atoms with Crippen LogP contribution in [0.1, 0.15) is 39.0 Å². The standard InChI is InChI=1S/C13H24N2O4/c1-13(7-3-4-8-14-13)12(18)15-10(11(16)17)6-5-9-19-2/h10,14H,3-9H2,1-2H3,(H,15,18)(H,16,17). The van der Waals surface area contributed by atoms with Crippen LogP contribution in [0.2, 0.25) is 0 Å². The molecule has 0 radical (unpaired) electrons. The minimum Gasteiger partial charge on any atom is -0.480 e. The second-order valence-corrected chi connectivity index (χ2v) is 5.22. The molecule has 1 aliphatic heterocycles. The summed E-state index contributed by atoms with van der Waals surface area (Å²) < 4.78 is 4.90. The van der Waals surface area contributed by atoms with E-state index in [1.807, 2.05) is 6.92 Å². The van der Waals surface area contributed by atoms with Gasteiger partial charge in [0.05, 0.1) is 5.54 Å². The first-order valence-corrected chi connectivity index (χ1v) is 6.77. The molecule has 3 N–H and O–H groups in total. The number of carboxylic acids is 1. The van der Waals surface area contributed by atoms with Crippen LogP contribution in [0.5, 0.6) is 0 Å². The van der Waals surface area contributed by atoms with Crippen molar-refractivity contribution in [1.82, 2.24) is 10.6 Å². The van der Waals surface area contributed by atoms with Gasteiger partial charge in [0, 0.05) is 13.7 Å². The van der Waals surface area contributed by atoms with Gasteiger partial charge in [-0.05, 0) is 45.6 Å². The van der Waals surface area contributed by atoms with Gasteiger partial charge in [0.25, 0.3) is 0 Å². The highest BCUT2D eigenvalue weighted by Crippen LogP contribution is 2.19. The smallest absolute Gasteiger partial charge is 0.326 e. The van der Waals surface area contributed by atoms with E-state index >= 15 is 0 Å².